The molecule has 0 aromatic heterocycles. The highest BCUT2D eigenvalue weighted by molar-refractivity contribution is 6.24. The second-order valence-electron chi connectivity index (χ2n) is 3.99. The summed E-state index contributed by atoms with van der Waals surface area (Å²) in [6, 6.07) is 19.1. The third kappa shape index (κ3) is 2.86. The van der Waals surface area contributed by atoms with Crippen LogP contribution in [-0.4, -0.2) is 6.08 Å². The van der Waals surface area contributed by atoms with Crippen LogP contribution in [0.4, 0.5) is 0 Å². The third-order valence-corrected chi connectivity index (χ3v) is 3.16. The Kier molecular flexibility index (Phi) is 3.93. The van der Waals surface area contributed by atoms with Crippen molar-refractivity contribution in [2.75, 3.05) is 0 Å². The summed E-state index contributed by atoms with van der Waals surface area (Å²) < 4.78 is 0. The fraction of sp³-hybridized carbons (Fsp3) is 0.133. The normalized spacial score (nSPS) is 13.4. The van der Waals surface area contributed by atoms with Crippen LogP contribution in [0.15, 0.2) is 65.7 Å². The number of hydrogen-bond donors (Lipinski definition) is 0. The molecule has 0 saturated heterocycles. The van der Waals surface area contributed by atoms with Crippen LogP contribution in [0.25, 0.3) is 0 Å². The summed E-state index contributed by atoms with van der Waals surface area (Å²) in [5.41, 5.74) is 1.81. The zero-order valence-corrected chi connectivity index (χ0v) is 10.5. The molecule has 0 bridgehead atoms. The number of carbonyl (C=O) groups excluding carboxylic acids is 1. The van der Waals surface area contributed by atoms with Gasteiger partial charge in [0.15, 0.2) is 5.00 Å². The largest absolute Gasteiger partial charge is 0.237 e. The van der Waals surface area contributed by atoms with E-state index >= 15 is 0 Å². The van der Waals surface area contributed by atoms with Crippen LogP contribution in [0.3, 0.4) is 0 Å². The number of benzene rings is 2. The number of rotatable bonds is 4. The summed E-state index contributed by atoms with van der Waals surface area (Å²) in [5, 5.41) is 0. The lowest BCUT2D eigenvalue weighted by Crippen LogP contribution is -2.19. The number of halogens is 1. The lowest BCUT2D eigenvalue weighted by atomic mass is 9.99. The Hall–Kier alpha value is -1.89. The van der Waals surface area contributed by atoms with Gasteiger partial charge < -0.3 is 0 Å². The standard InChI is InChI=1S/C15H12ClNO/c16-15(17-12-18,14-9-5-2-6-10-14)11-13-7-3-1-4-8-13/h1-10H,11H2. The van der Waals surface area contributed by atoms with Gasteiger partial charge in [0.1, 0.15) is 0 Å². The molecule has 2 rings (SSSR count). The van der Waals surface area contributed by atoms with Gasteiger partial charge in [-0.15, -0.1) is 0 Å². The van der Waals surface area contributed by atoms with Crippen molar-refractivity contribution in [3.63, 3.8) is 0 Å². The van der Waals surface area contributed by atoms with Crippen LogP contribution in [0, 0.1) is 0 Å². The van der Waals surface area contributed by atoms with Crippen molar-refractivity contribution in [1.82, 2.24) is 0 Å². The van der Waals surface area contributed by atoms with Gasteiger partial charge in [-0.25, -0.2) is 4.79 Å². The van der Waals surface area contributed by atoms with E-state index in [0.717, 1.165) is 11.1 Å². The van der Waals surface area contributed by atoms with E-state index in [9.17, 15) is 4.79 Å². The Morgan fingerprint density at radius 1 is 1.00 bits per heavy atom. The molecule has 0 aliphatic carbocycles. The zero-order valence-electron chi connectivity index (χ0n) is 9.71. The minimum Gasteiger partial charge on any atom is -0.211 e. The Labute approximate surface area is 111 Å². The summed E-state index contributed by atoms with van der Waals surface area (Å²) >= 11 is 6.47. The van der Waals surface area contributed by atoms with Gasteiger partial charge in [-0.2, -0.15) is 4.99 Å². The minimum absolute atomic E-state index is 0.453. The summed E-state index contributed by atoms with van der Waals surface area (Å²) in [6.07, 6.45) is 2.02. The molecule has 1 unspecified atom stereocenters. The maximum atomic E-state index is 10.6. The number of aliphatic imine (C=N–C) groups is 1. The van der Waals surface area contributed by atoms with E-state index in [4.69, 9.17) is 11.6 Å². The SMILES string of the molecule is O=C=NC(Cl)(Cc1ccccc1)c1ccccc1. The molecule has 0 radical (unpaired) electrons. The molecule has 18 heavy (non-hydrogen) atoms. The van der Waals surface area contributed by atoms with Crippen molar-refractivity contribution in [2.45, 2.75) is 11.4 Å². The molecule has 0 aliphatic heterocycles. The Balaban J connectivity index is 2.36. The molecule has 1 atom stereocenters. The molecule has 0 aliphatic rings. The van der Waals surface area contributed by atoms with Crippen LogP contribution in [0.1, 0.15) is 11.1 Å². The van der Waals surface area contributed by atoms with Crippen LogP contribution in [-0.2, 0) is 16.2 Å². The number of hydrogen-bond acceptors (Lipinski definition) is 2. The molecule has 90 valence electrons. The van der Waals surface area contributed by atoms with Gasteiger partial charge in [0.05, 0.1) is 0 Å². The highest BCUT2D eigenvalue weighted by Gasteiger charge is 2.29. The molecule has 2 aromatic rings. The smallest absolute Gasteiger partial charge is 0.211 e. The fourth-order valence-corrected chi connectivity index (χ4v) is 2.15. The van der Waals surface area contributed by atoms with Gasteiger partial charge in [0.25, 0.3) is 0 Å². The van der Waals surface area contributed by atoms with Gasteiger partial charge in [0.2, 0.25) is 6.08 Å². The first kappa shape index (κ1) is 12.6. The molecule has 0 N–H and O–H groups in total. The maximum Gasteiger partial charge on any atom is 0.237 e. The third-order valence-electron chi connectivity index (χ3n) is 2.72. The van der Waals surface area contributed by atoms with Crippen molar-refractivity contribution in [3.8, 4) is 0 Å². The van der Waals surface area contributed by atoms with E-state index < -0.39 is 5.00 Å². The molecule has 2 aromatic carbocycles. The lowest BCUT2D eigenvalue weighted by molar-refractivity contribution is 0.549. The molecule has 0 heterocycles. The first-order valence-electron chi connectivity index (χ1n) is 5.62. The van der Waals surface area contributed by atoms with Gasteiger partial charge >= 0.3 is 0 Å². The van der Waals surface area contributed by atoms with Gasteiger partial charge in [0, 0.05) is 6.42 Å². The van der Waals surface area contributed by atoms with Crippen LogP contribution < -0.4 is 0 Å². The van der Waals surface area contributed by atoms with Crippen molar-refractivity contribution < 1.29 is 4.79 Å². The van der Waals surface area contributed by atoms with Gasteiger partial charge in [-0.1, -0.05) is 72.3 Å². The van der Waals surface area contributed by atoms with E-state index in [1.165, 1.54) is 0 Å². The average molecular weight is 258 g/mol. The average Bonchev–Trinajstić information content (AvgIpc) is 2.41. The molecular formula is C15H12ClNO. The van der Waals surface area contributed by atoms with E-state index in [1.807, 2.05) is 60.7 Å². The van der Waals surface area contributed by atoms with Crippen molar-refractivity contribution >= 4 is 17.7 Å². The molecule has 0 amide bonds. The number of alkyl halides is 1. The summed E-state index contributed by atoms with van der Waals surface area (Å²) in [6.45, 7) is 0. The van der Waals surface area contributed by atoms with Gasteiger partial charge in [-0.3, -0.25) is 0 Å². The van der Waals surface area contributed by atoms with Gasteiger partial charge in [-0.05, 0) is 11.1 Å². The molecule has 0 spiro atoms. The molecule has 0 saturated carbocycles. The van der Waals surface area contributed by atoms with E-state index in [-0.39, 0.29) is 0 Å². The van der Waals surface area contributed by atoms with Crippen molar-refractivity contribution in [1.29, 1.82) is 0 Å². The number of isocyanates is 1. The first-order valence-corrected chi connectivity index (χ1v) is 6.00. The van der Waals surface area contributed by atoms with Crippen molar-refractivity contribution in [3.05, 3.63) is 71.8 Å². The second-order valence-corrected chi connectivity index (χ2v) is 4.62. The predicted molar refractivity (Wildman–Crippen MR) is 72.2 cm³/mol. The zero-order chi connectivity index (χ0) is 12.8. The summed E-state index contributed by atoms with van der Waals surface area (Å²) in [5.74, 6) is 0. The summed E-state index contributed by atoms with van der Waals surface area (Å²) in [4.78, 5) is 13.3. The quantitative estimate of drug-likeness (QED) is 0.356. The fourth-order valence-electron chi connectivity index (χ4n) is 1.84. The Morgan fingerprint density at radius 3 is 2.11 bits per heavy atom. The summed E-state index contributed by atoms with van der Waals surface area (Å²) in [7, 11) is 0. The van der Waals surface area contributed by atoms with Crippen LogP contribution in [0.5, 0.6) is 0 Å². The first-order chi connectivity index (χ1) is 8.74. The Bertz CT molecular complexity index is 549. The molecular weight excluding hydrogens is 246 g/mol. The van der Waals surface area contributed by atoms with Crippen molar-refractivity contribution in [2.24, 2.45) is 4.99 Å². The predicted octanol–water partition coefficient (Wildman–Crippen LogP) is 3.66. The highest BCUT2D eigenvalue weighted by atomic mass is 35.5. The van der Waals surface area contributed by atoms with E-state index in [1.54, 1.807) is 6.08 Å². The molecule has 2 nitrogen and oxygen atoms in total. The maximum absolute atomic E-state index is 10.6. The lowest BCUT2D eigenvalue weighted by Gasteiger charge is -2.21. The minimum atomic E-state index is -1.08. The number of nitrogens with zero attached hydrogens (tertiary/aromatic N) is 1. The van der Waals surface area contributed by atoms with Crippen LogP contribution in [0.2, 0.25) is 0 Å². The topological polar surface area (TPSA) is 29.4 Å². The second kappa shape index (κ2) is 5.63. The van der Waals surface area contributed by atoms with E-state index in [2.05, 4.69) is 4.99 Å². The Morgan fingerprint density at radius 2 is 1.56 bits per heavy atom. The van der Waals surface area contributed by atoms with E-state index in [0.29, 0.717) is 6.42 Å². The molecule has 3 heteroatoms. The molecule has 0 fully saturated rings. The monoisotopic (exact) mass is 257 g/mol. The highest BCUT2D eigenvalue weighted by Crippen LogP contribution is 2.34. The van der Waals surface area contributed by atoms with Crippen LogP contribution >= 0.6 is 11.6 Å².